The van der Waals surface area contributed by atoms with Crippen LogP contribution >= 0.6 is 0 Å². The lowest BCUT2D eigenvalue weighted by Gasteiger charge is -2.27. The number of hydrogen-bond acceptors (Lipinski definition) is 5. The van der Waals surface area contributed by atoms with Crippen molar-refractivity contribution >= 4 is 34.4 Å². The van der Waals surface area contributed by atoms with Crippen LogP contribution in [0.15, 0.2) is 66.7 Å². The molecule has 8 nitrogen and oxygen atoms in total. The van der Waals surface area contributed by atoms with E-state index in [2.05, 4.69) is 16.0 Å². The van der Waals surface area contributed by atoms with Crippen molar-refractivity contribution < 1.29 is 24.2 Å². The van der Waals surface area contributed by atoms with E-state index < -0.39 is 29.7 Å². The maximum Gasteiger partial charge on any atom is 0.408 e. The summed E-state index contributed by atoms with van der Waals surface area (Å²) in [5.74, 6) is -1.02. The van der Waals surface area contributed by atoms with Gasteiger partial charge < -0.3 is 25.8 Å². The molecular formula is C29H35N3O5. The van der Waals surface area contributed by atoms with Gasteiger partial charge in [0.15, 0.2) is 0 Å². The average Bonchev–Trinajstić information content (AvgIpc) is 2.82. The summed E-state index contributed by atoms with van der Waals surface area (Å²) in [6.07, 6.45) is -0.603. The van der Waals surface area contributed by atoms with Gasteiger partial charge in [-0.15, -0.1) is 0 Å². The molecule has 0 radical (unpaired) electrons. The Bertz CT molecular complexity index is 1240. The van der Waals surface area contributed by atoms with Gasteiger partial charge in [0.25, 0.3) is 0 Å². The van der Waals surface area contributed by atoms with Gasteiger partial charge in [0.05, 0.1) is 0 Å². The molecule has 37 heavy (non-hydrogen) atoms. The average molecular weight is 506 g/mol. The highest BCUT2D eigenvalue weighted by molar-refractivity contribution is 6.05. The van der Waals surface area contributed by atoms with E-state index in [4.69, 9.17) is 4.74 Å². The highest BCUT2D eigenvalue weighted by Crippen LogP contribution is 2.23. The first-order valence-corrected chi connectivity index (χ1v) is 12.3. The Morgan fingerprint density at radius 2 is 1.51 bits per heavy atom. The molecule has 3 aromatic carbocycles. The van der Waals surface area contributed by atoms with Crippen LogP contribution in [0.25, 0.3) is 10.8 Å². The molecule has 8 heteroatoms. The minimum atomic E-state index is -1.01. The van der Waals surface area contributed by atoms with Crippen molar-refractivity contribution in [2.24, 2.45) is 5.92 Å². The number of carbonyl (C=O) groups is 3. The lowest BCUT2D eigenvalue weighted by atomic mass is 10.0. The van der Waals surface area contributed by atoms with Gasteiger partial charge in [0.1, 0.15) is 23.4 Å². The number of anilines is 1. The fraction of sp³-hybridized carbons (Fsp3) is 0.345. The number of carbonyl (C=O) groups excluding carboxylic acids is 3. The molecule has 0 aliphatic rings. The third-order valence-electron chi connectivity index (χ3n) is 5.68. The van der Waals surface area contributed by atoms with E-state index in [-0.39, 0.29) is 24.0 Å². The summed E-state index contributed by atoms with van der Waals surface area (Å²) in [5.41, 5.74) is 0.619. The first-order chi connectivity index (χ1) is 17.4. The Morgan fingerprint density at radius 3 is 2.16 bits per heavy atom. The summed E-state index contributed by atoms with van der Waals surface area (Å²) >= 11 is 0. The number of fused-ring (bicyclic) bond motifs is 1. The molecule has 3 aromatic rings. The quantitative estimate of drug-likeness (QED) is 0.352. The van der Waals surface area contributed by atoms with Crippen LogP contribution in [0.2, 0.25) is 0 Å². The van der Waals surface area contributed by atoms with Gasteiger partial charge in [-0.05, 0) is 55.8 Å². The lowest BCUT2D eigenvalue weighted by Crippen LogP contribution is -2.55. The van der Waals surface area contributed by atoms with Crippen LogP contribution in [0.4, 0.5) is 10.5 Å². The number of benzene rings is 3. The van der Waals surface area contributed by atoms with E-state index in [1.54, 1.807) is 32.9 Å². The molecule has 3 amide bonds. The van der Waals surface area contributed by atoms with Crippen molar-refractivity contribution in [2.75, 3.05) is 5.32 Å². The zero-order chi connectivity index (χ0) is 27.2. The third kappa shape index (κ3) is 7.96. The van der Waals surface area contributed by atoms with Crippen LogP contribution in [-0.4, -0.2) is 40.7 Å². The molecule has 0 spiro atoms. The zero-order valence-electron chi connectivity index (χ0n) is 21.9. The molecule has 196 valence electrons. The largest absolute Gasteiger partial charge is 0.508 e. The summed E-state index contributed by atoms with van der Waals surface area (Å²) in [4.78, 5) is 39.2. The molecule has 0 aliphatic carbocycles. The van der Waals surface area contributed by atoms with Crippen molar-refractivity contribution in [2.45, 2.75) is 58.7 Å². The summed E-state index contributed by atoms with van der Waals surface area (Å²) in [7, 11) is 0. The Balaban J connectivity index is 1.79. The van der Waals surface area contributed by atoms with Crippen molar-refractivity contribution in [3.8, 4) is 5.75 Å². The molecule has 3 rings (SSSR count). The highest BCUT2D eigenvalue weighted by atomic mass is 16.6. The number of phenols is 1. The summed E-state index contributed by atoms with van der Waals surface area (Å²) in [6, 6.07) is 17.8. The summed E-state index contributed by atoms with van der Waals surface area (Å²) in [6.45, 7) is 8.87. The third-order valence-corrected chi connectivity index (χ3v) is 5.68. The molecule has 0 saturated heterocycles. The molecular weight excluding hydrogens is 470 g/mol. The monoisotopic (exact) mass is 505 g/mol. The summed E-state index contributed by atoms with van der Waals surface area (Å²) < 4.78 is 5.35. The normalized spacial score (nSPS) is 13.0. The second kappa shape index (κ2) is 11.8. The number of amides is 3. The summed E-state index contributed by atoms with van der Waals surface area (Å²) in [5, 5.41) is 19.9. The van der Waals surface area contributed by atoms with Crippen LogP contribution in [0.5, 0.6) is 5.75 Å². The van der Waals surface area contributed by atoms with E-state index in [1.165, 1.54) is 12.1 Å². The Kier molecular flexibility index (Phi) is 8.76. The number of phenolic OH excluding ortho intramolecular Hbond substituents is 1. The minimum Gasteiger partial charge on any atom is -0.508 e. The molecule has 0 heterocycles. The number of rotatable bonds is 8. The SMILES string of the molecule is CC(C)[C@H](NC(=O)[C@H](Cc1ccc(O)cc1)NC(=O)OC(C)(C)C)C(=O)Nc1cccc2ccccc12. The molecule has 0 aliphatic heterocycles. The Morgan fingerprint density at radius 1 is 0.865 bits per heavy atom. The van der Waals surface area contributed by atoms with Gasteiger partial charge in [-0.25, -0.2) is 4.79 Å². The topological polar surface area (TPSA) is 117 Å². The van der Waals surface area contributed by atoms with E-state index in [1.807, 2.05) is 56.3 Å². The first-order valence-electron chi connectivity index (χ1n) is 12.3. The van der Waals surface area contributed by atoms with E-state index in [9.17, 15) is 19.5 Å². The van der Waals surface area contributed by atoms with Gasteiger partial charge in [-0.3, -0.25) is 9.59 Å². The maximum atomic E-state index is 13.4. The molecule has 0 bridgehead atoms. The number of hydrogen-bond donors (Lipinski definition) is 4. The smallest absolute Gasteiger partial charge is 0.408 e. The van der Waals surface area contributed by atoms with Crippen LogP contribution in [0, 0.1) is 5.92 Å². The van der Waals surface area contributed by atoms with Crippen LogP contribution in [0.1, 0.15) is 40.2 Å². The molecule has 0 fully saturated rings. The van der Waals surface area contributed by atoms with Crippen molar-refractivity contribution in [1.82, 2.24) is 10.6 Å². The second-order valence-electron chi connectivity index (χ2n) is 10.3. The fourth-order valence-electron chi connectivity index (χ4n) is 3.86. The highest BCUT2D eigenvalue weighted by Gasteiger charge is 2.30. The fourth-order valence-corrected chi connectivity index (χ4v) is 3.86. The predicted molar refractivity (Wildman–Crippen MR) is 144 cm³/mol. The number of alkyl carbamates (subject to hydrolysis) is 1. The van der Waals surface area contributed by atoms with Gasteiger partial charge >= 0.3 is 6.09 Å². The molecule has 2 atom stereocenters. The molecule has 0 saturated carbocycles. The van der Waals surface area contributed by atoms with Crippen LogP contribution in [-0.2, 0) is 20.7 Å². The number of nitrogens with one attached hydrogen (secondary N) is 3. The van der Waals surface area contributed by atoms with E-state index in [0.29, 0.717) is 5.69 Å². The Hall–Kier alpha value is -4.07. The first kappa shape index (κ1) is 27.5. The zero-order valence-corrected chi connectivity index (χ0v) is 21.9. The molecule has 4 N–H and O–H groups in total. The van der Waals surface area contributed by atoms with Crippen LogP contribution < -0.4 is 16.0 Å². The maximum absolute atomic E-state index is 13.4. The number of ether oxygens (including phenoxy) is 1. The van der Waals surface area contributed by atoms with Crippen molar-refractivity contribution in [1.29, 1.82) is 0 Å². The standard InChI is InChI=1S/C29H35N3O5/c1-18(2)25(27(35)30-23-12-8-10-20-9-6-7-11-22(20)23)32-26(34)24(31-28(36)37-29(3,4)5)17-19-13-15-21(33)16-14-19/h6-16,18,24-25,33H,17H2,1-5H3,(H,30,35)(H,31,36)(H,32,34)/t24-,25-/m0/s1. The Labute approximate surface area is 217 Å². The molecule has 0 unspecified atom stereocenters. The van der Waals surface area contributed by atoms with E-state index in [0.717, 1.165) is 16.3 Å². The van der Waals surface area contributed by atoms with Gasteiger partial charge in [-0.1, -0.05) is 62.4 Å². The van der Waals surface area contributed by atoms with Gasteiger partial charge in [0.2, 0.25) is 11.8 Å². The van der Waals surface area contributed by atoms with E-state index >= 15 is 0 Å². The second-order valence-corrected chi connectivity index (χ2v) is 10.3. The molecule has 0 aromatic heterocycles. The number of aromatic hydroxyl groups is 1. The van der Waals surface area contributed by atoms with Gasteiger partial charge in [0, 0.05) is 17.5 Å². The minimum absolute atomic E-state index is 0.0924. The predicted octanol–water partition coefficient (Wildman–Crippen LogP) is 4.76. The van der Waals surface area contributed by atoms with Crippen molar-refractivity contribution in [3.63, 3.8) is 0 Å². The lowest BCUT2D eigenvalue weighted by molar-refractivity contribution is -0.128. The van der Waals surface area contributed by atoms with Crippen molar-refractivity contribution in [3.05, 3.63) is 72.3 Å². The van der Waals surface area contributed by atoms with Gasteiger partial charge in [-0.2, -0.15) is 0 Å². The van der Waals surface area contributed by atoms with Crippen LogP contribution in [0.3, 0.4) is 0 Å².